The predicted octanol–water partition coefficient (Wildman–Crippen LogP) is 4.22. The maximum atomic E-state index is 12.6. The van der Waals surface area contributed by atoms with E-state index in [1.54, 1.807) is 0 Å². The topological polar surface area (TPSA) is 44.8 Å². The smallest absolute Gasteiger partial charge is 0.357 e. The third-order valence-electron chi connectivity index (χ3n) is 1.82. The highest BCUT2D eigenvalue weighted by Crippen LogP contribution is 2.55. The van der Waals surface area contributed by atoms with Crippen LogP contribution in [0.1, 0.15) is 20.3 Å². The van der Waals surface area contributed by atoms with Gasteiger partial charge in [-0.1, -0.05) is 15.9 Å². The van der Waals surface area contributed by atoms with Gasteiger partial charge < -0.3 is 13.5 Å². The Morgan fingerprint density at radius 1 is 1.18 bits per heavy atom. The average molecular weight is 347 g/mol. The largest absolute Gasteiger partial charge is 0.404 e. The molecule has 0 amide bonds. The highest BCUT2D eigenvalue weighted by Gasteiger charge is 2.38. The molecule has 0 fully saturated rings. The van der Waals surface area contributed by atoms with E-state index in [1.807, 2.05) is 13.8 Å². The average Bonchev–Trinajstić information content (AvgIpc) is 2.16. The zero-order valence-corrected chi connectivity index (χ0v) is 14.8. The van der Waals surface area contributed by atoms with Crippen LogP contribution in [0.2, 0.25) is 19.6 Å². The summed E-state index contributed by atoms with van der Waals surface area (Å²) in [5.74, 6) is -0.464. The predicted molar refractivity (Wildman–Crippen MR) is 77.5 cm³/mol. The molecular weight excluding hydrogens is 323 g/mol. The van der Waals surface area contributed by atoms with Gasteiger partial charge in [0.25, 0.3) is 0 Å². The van der Waals surface area contributed by atoms with Crippen LogP contribution in [0, 0.1) is 0 Å². The summed E-state index contributed by atoms with van der Waals surface area (Å²) < 4.78 is 29.2. The first-order chi connectivity index (χ1) is 7.79. The third kappa shape index (κ3) is 7.08. The molecule has 0 radical (unpaired) electrons. The van der Waals surface area contributed by atoms with Gasteiger partial charge in [-0.15, -0.1) is 0 Å². The molecule has 0 aromatic rings. The Balaban J connectivity index is 4.88. The Hall–Kier alpha value is 0.807. The second kappa shape index (κ2) is 8.07. The van der Waals surface area contributed by atoms with Gasteiger partial charge in [0.05, 0.1) is 13.2 Å². The Bertz CT molecular complexity index is 247. The SMILES string of the molecule is CCOP(=O)(OCC)C(CCBr)O[Si](C)(C)C. The van der Waals surface area contributed by atoms with Crippen LogP contribution < -0.4 is 0 Å². The first-order valence-electron chi connectivity index (χ1n) is 5.91. The number of rotatable bonds is 9. The molecule has 17 heavy (non-hydrogen) atoms. The zero-order valence-electron chi connectivity index (χ0n) is 11.4. The first-order valence-corrected chi connectivity index (χ1v) is 12.1. The molecule has 0 saturated carbocycles. The Kier molecular flexibility index (Phi) is 8.46. The molecule has 0 aliphatic rings. The van der Waals surface area contributed by atoms with Crippen molar-refractivity contribution in [3.63, 3.8) is 0 Å². The minimum absolute atomic E-state index is 0.366. The lowest BCUT2D eigenvalue weighted by molar-refractivity contribution is 0.156. The normalized spacial score (nSPS) is 14.9. The van der Waals surface area contributed by atoms with Crippen LogP contribution in [-0.2, 0) is 18.0 Å². The van der Waals surface area contributed by atoms with Crippen LogP contribution >= 0.6 is 23.5 Å². The van der Waals surface area contributed by atoms with Crippen molar-refractivity contribution in [2.75, 3.05) is 18.5 Å². The summed E-state index contributed by atoms with van der Waals surface area (Å²) >= 11 is 3.36. The minimum atomic E-state index is -3.16. The van der Waals surface area contributed by atoms with Gasteiger partial charge in [-0.2, -0.15) is 0 Å². The Morgan fingerprint density at radius 2 is 1.65 bits per heavy atom. The molecule has 0 rings (SSSR count). The summed E-state index contributed by atoms with van der Waals surface area (Å²) in [4.78, 5) is 0. The molecular formula is C10H24BrO4PSi. The number of alkyl halides is 1. The van der Waals surface area contributed by atoms with Gasteiger partial charge in [-0.3, -0.25) is 4.57 Å². The molecule has 0 N–H and O–H groups in total. The summed E-state index contributed by atoms with van der Waals surface area (Å²) in [7, 11) is -4.94. The van der Waals surface area contributed by atoms with Crippen molar-refractivity contribution in [3.05, 3.63) is 0 Å². The van der Waals surface area contributed by atoms with Gasteiger partial charge >= 0.3 is 7.60 Å². The van der Waals surface area contributed by atoms with Crippen LogP contribution in [-0.4, -0.2) is 32.7 Å². The van der Waals surface area contributed by atoms with E-state index in [1.165, 1.54) is 0 Å². The number of halogens is 1. The Morgan fingerprint density at radius 3 is 1.94 bits per heavy atom. The van der Waals surface area contributed by atoms with Gasteiger partial charge in [0, 0.05) is 5.33 Å². The van der Waals surface area contributed by atoms with E-state index in [-0.39, 0.29) is 0 Å². The van der Waals surface area contributed by atoms with Crippen molar-refractivity contribution in [3.8, 4) is 0 Å². The monoisotopic (exact) mass is 346 g/mol. The van der Waals surface area contributed by atoms with Gasteiger partial charge in [0.2, 0.25) is 0 Å². The van der Waals surface area contributed by atoms with E-state index in [2.05, 4.69) is 35.6 Å². The zero-order chi connectivity index (χ0) is 13.5. The fourth-order valence-corrected chi connectivity index (χ4v) is 6.09. The summed E-state index contributed by atoms with van der Waals surface area (Å²) in [5, 5.41) is 0.715. The fourth-order valence-electron chi connectivity index (χ4n) is 1.35. The van der Waals surface area contributed by atoms with Crippen LogP contribution in [0.15, 0.2) is 0 Å². The van der Waals surface area contributed by atoms with Crippen molar-refractivity contribution in [1.82, 2.24) is 0 Å². The molecule has 0 aliphatic heterocycles. The van der Waals surface area contributed by atoms with E-state index in [0.29, 0.717) is 25.0 Å². The van der Waals surface area contributed by atoms with Crippen molar-refractivity contribution < 1.29 is 18.0 Å². The van der Waals surface area contributed by atoms with E-state index < -0.39 is 21.8 Å². The van der Waals surface area contributed by atoms with Gasteiger partial charge in [-0.05, 0) is 39.9 Å². The summed E-state index contributed by atoms with van der Waals surface area (Å²) in [6, 6.07) is 0. The second-order valence-electron chi connectivity index (χ2n) is 4.54. The van der Waals surface area contributed by atoms with Gasteiger partial charge in [0.1, 0.15) is 5.85 Å². The molecule has 4 nitrogen and oxygen atoms in total. The molecule has 104 valence electrons. The molecule has 0 bridgehead atoms. The van der Waals surface area contributed by atoms with Gasteiger partial charge in [0.15, 0.2) is 8.32 Å². The van der Waals surface area contributed by atoms with E-state index in [0.717, 1.165) is 0 Å². The highest BCUT2D eigenvalue weighted by atomic mass is 79.9. The second-order valence-corrected chi connectivity index (χ2v) is 12.0. The third-order valence-corrected chi connectivity index (χ3v) is 5.77. The van der Waals surface area contributed by atoms with Crippen molar-refractivity contribution >= 4 is 31.8 Å². The van der Waals surface area contributed by atoms with Crippen molar-refractivity contribution in [2.24, 2.45) is 0 Å². The summed E-state index contributed by atoms with van der Waals surface area (Å²) in [5.41, 5.74) is 0. The van der Waals surface area contributed by atoms with E-state index in [9.17, 15) is 4.57 Å². The minimum Gasteiger partial charge on any atom is -0.404 e. The van der Waals surface area contributed by atoms with Crippen LogP contribution in [0.3, 0.4) is 0 Å². The van der Waals surface area contributed by atoms with Crippen LogP contribution in [0.25, 0.3) is 0 Å². The molecule has 0 aromatic heterocycles. The number of hydrogen-bond donors (Lipinski definition) is 0. The van der Waals surface area contributed by atoms with Crippen molar-refractivity contribution in [1.29, 1.82) is 0 Å². The van der Waals surface area contributed by atoms with E-state index >= 15 is 0 Å². The molecule has 0 saturated heterocycles. The summed E-state index contributed by atoms with van der Waals surface area (Å²) in [6.07, 6.45) is 0.627. The molecule has 0 spiro atoms. The molecule has 0 aromatic carbocycles. The first kappa shape index (κ1) is 17.8. The lowest BCUT2D eigenvalue weighted by atomic mass is 10.5. The lowest BCUT2D eigenvalue weighted by Crippen LogP contribution is -2.33. The molecule has 7 heteroatoms. The number of hydrogen-bond acceptors (Lipinski definition) is 4. The lowest BCUT2D eigenvalue weighted by Gasteiger charge is -2.31. The van der Waals surface area contributed by atoms with Gasteiger partial charge in [-0.25, -0.2) is 0 Å². The standard InChI is InChI=1S/C10H24BrO4PSi/c1-6-13-16(12,14-7-2)10(8-9-11)15-17(3,4)5/h10H,6-9H2,1-5H3. The maximum absolute atomic E-state index is 12.6. The molecule has 0 heterocycles. The van der Waals surface area contributed by atoms with Crippen molar-refractivity contribution in [2.45, 2.75) is 45.8 Å². The van der Waals surface area contributed by atoms with Crippen LogP contribution in [0.4, 0.5) is 0 Å². The molecule has 1 unspecified atom stereocenters. The highest BCUT2D eigenvalue weighted by molar-refractivity contribution is 9.09. The Labute approximate surface area is 114 Å². The van der Waals surface area contributed by atoms with E-state index in [4.69, 9.17) is 13.5 Å². The maximum Gasteiger partial charge on any atom is 0.357 e. The van der Waals surface area contributed by atoms with Crippen LogP contribution in [0.5, 0.6) is 0 Å². The quantitative estimate of drug-likeness (QED) is 0.356. The molecule has 1 atom stereocenters. The molecule has 0 aliphatic carbocycles. The fraction of sp³-hybridized carbons (Fsp3) is 1.00. The summed E-state index contributed by atoms with van der Waals surface area (Å²) in [6.45, 7) is 10.6.